The molecule has 11 heavy (non-hydrogen) atoms. The van der Waals surface area contributed by atoms with Crippen LogP contribution in [0.5, 0.6) is 0 Å². The lowest BCUT2D eigenvalue weighted by Gasteiger charge is -1.96. The van der Waals surface area contributed by atoms with Crippen molar-refractivity contribution in [3.8, 4) is 0 Å². The molecule has 0 saturated heterocycles. The van der Waals surface area contributed by atoms with E-state index in [0.717, 1.165) is 12.2 Å². The second-order valence-corrected chi connectivity index (χ2v) is 1.70. The lowest BCUT2D eigenvalue weighted by molar-refractivity contribution is -0.114. The molecule has 3 nitrogen and oxygen atoms in total. The van der Waals surface area contributed by atoms with Gasteiger partial charge in [-0.1, -0.05) is 0 Å². The molecule has 0 fully saturated rings. The first-order chi connectivity index (χ1) is 4.20. The molecular weight excluding hydrogens is 189 g/mol. The van der Waals surface area contributed by atoms with Gasteiger partial charge in [-0.25, -0.2) is 0 Å². The number of carbonyl (C=O) groups is 2. The Balaban J connectivity index is 0. The van der Waals surface area contributed by atoms with Gasteiger partial charge in [-0.3, -0.25) is 9.59 Å². The van der Waals surface area contributed by atoms with Gasteiger partial charge in [0.05, 0.1) is 5.70 Å². The SMILES string of the molecule is Cl.Cl.NC1=CC(=O)C=CC1=O. The van der Waals surface area contributed by atoms with Crippen LogP contribution in [-0.4, -0.2) is 11.6 Å². The van der Waals surface area contributed by atoms with Gasteiger partial charge in [-0.05, 0) is 12.2 Å². The molecule has 0 atom stereocenters. The highest BCUT2D eigenvalue weighted by atomic mass is 35.5. The minimum atomic E-state index is -0.297. The Bertz CT molecular complexity index is 233. The molecule has 0 unspecified atom stereocenters. The van der Waals surface area contributed by atoms with E-state index in [-0.39, 0.29) is 42.1 Å². The summed E-state index contributed by atoms with van der Waals surface area (Å²) in [4.78, 5) is 20.9. The summed E-state index contributed by atoms with van der Waals surface area (Å²) in [6, 6.07) is 0. The number of carbonyl (C=O) groups excluding carboxylic acids is 2. The van der Waals surface area contributed by atoms with E-state index < -0.39 is 0 Å². The zero-order chi connectivity index (χ0) is 6.85. The maximum Gasteiger partial charge on any atom is 0.201 e. The third kappa shape index (κ3) is 3.20. The first-order valence-electron chi connectivity index (χ1n) is 2.43. The summed E-state index contributed by atoms with van der Waals surface area (Å²) in [5.41, 5.74) is 5.12. The predicted molar refractivity (Wildman–Crippen MR) is 45.9 cm³/mol. The molecule has 5 heteroatoms. The molecule has 0 radical (unpaired) electrons. The minimum absolute atomic E-state index is 0. The van der Waals surface area contributed by atoms with Crippen LogP contribution in [0.2, 0.25) is 0 Å². The molecule has 0 amide bonds. The van der Waals surface area contributed by atoms with Crippen LogP contribution in [-0.2, 0) is 9.59 Å². The lowest BCUT2D eigenvalue weighted by Crippen LogP contribution is -2.14. The topological polar surface area (TPSA) is 60.2 Å². The van der Waals surface area contributed by atoms with Crippen molar-refractivity contribution in [2.45, 2.75) is 0 Å². The number of hydrogen-bond donors (Lipinski definition) is 1. The summed E-state index contributed by atoms with van der Waals surface area (Å²) >= 11 is 0. The van der Waals surface area contributed by atoms with Gasteiger partial charge in [0, 0.05) is 6.08 Å². The molecule has 1 aliphatic rings. The Morgan fingerprint density at radius 1 is 1.09 bits per heavy atom. The largest absolute Gasteiger partial charge is 0.395 e. The van der Waals surface area contributed by atoms with Crippen molar-refractivity contribution in [2.75, 3.05) is 0 Å². The van der Waals surface area contributed by atoms with Crippen molar-refractivity contribution >= 4 is 36.4 Å². The standard InChI is InChI=1S/C6H5NO2.2ClH/c7-5-3-4(8)1-2-6(5)9;;/h1-3H,7H2;2*1H. The highest BCUT2D eigenvalue weighted by molar-refractivity contribution is 6.16. The molecule has 0 saturated carbocycles. The van der Waals surface area contributed by atoms with E-state index in [9.17, 15) is 9.59 Å². The number of hydrogen-bond acceptors (Lipinski definition) is 3. The third-order valence-electron chi connectivity index (χ3n) is 0.981. The average Bonchev–Trinajstić information content (AvgIpc) is 1.80. The molecule has 2 N–H and O–H groups in total. The molecule has 1 aliphatic carbocycles. The zero-order valence-electron chi connectivity index (χ0n) is 5.44. The number of allylic oxidation sites excluding steroid dienone is 3. The molecular formula is C6H7Cl2NO2. The van der Waals surface area contributed by atoms with E-state index in [2.05, 4.69) is 0 Å². The monoisotopic (exact) mass is 195 g/mol. The average molecular weight is 196 g/mol. The van der Waals surface area contributed by atoms with Crippen LogP contribution >= 0.6 is 24.8 Å². The minimum Gasteiger partial charge on any atom is -0.395 e. The van der Waals surface area contributed by atoms with E-state index in [1.165, 1.54) is 6.08 Å². The van der Waals surface area contributed by atoms with E-state index in [0.29, 0.717) is 0 Å². The molecule has 0 aromatic heterocycles. The maximum atomic E-state index is 10.5. The maximum absolute atomic E-state index is 10.5. The third-order valence-corrected chi connectivity index (χ3v) is 0.981. The molecule has 0 heterocycles. The zero-order valence-corrected chi connectivity index (χ0v) is 7.08. The summed E-state index contributed by atoms with van der Waals surface area (Å²) in [6.45, 7) is 0. The van der Waals surface area contributed by atoms with E-state index in [1.807, 2.05) is 0 Å². The second-order valence-electron chi connectivity index (χ2n) is 1.70. The first-order valence-corrected chi connectivity index (χ1v) is 2.43. The lowest BCUT2D eigenvalue weighted by atomic mass is 10.1. The smallest absolute Gasteiger partial charge is 0.201 e. The quantitative estimate of drug-likeness (QED) is 0.569. The predicted octanol–water partition coefficient (Wildman–Crippen LogP) is 0.381. The summed E-state index contributed by atoms with van der Waals surface area (Å²) < 4.78 is 0. The van der Waals surface area contributed by atoms with Gasteiger partial charge >= 0.3 is 0 Å². The number of halogens is 2. The van der Waals surface area contributed by atoms with Crippen molar-refractivity contribution in [2.24, 2.45) is 5.73 Å². The van der Waals surface area contributed by atoms with Crippen LogP contribution in [0.4, 0.5) is 0 Å². The number of rotatable bonds is 0. The van der Waals surface area contributed by atoms with Gasteiger partial charge in [0.15, 0.2) is 5.78 Å². The van der Waals surface area contributed by atoms with Gasteiger partial charge in [0.1, 0.15) is 0 Å². The van der Waals surface area contributed by atoms with Crippen LogP contribution in [0.25, 0.3) is 0 Å². The van der Waals surface area contributed by atoms with E-state index in [1.54, 1.807) is 0 Å². The molecule has 0 aromatic rings. The van der Waals surface area contributed by atoms with Crippen LogP contribution < -0.4 is 5.73 Å². The van der Waals surface area contributed by atoms with Crippen LogP contribution in [0.15, 0.2) is 23.9 Å². The fraction of sp³-hybridized carbons (Fsp3) is 0. The van der Waals surface area contributed by atoms with Gasteiger partial charge in [0.2, 0.25) is 5.78 Å². The van der Waals surface area contributed by atoms with Crippen molar-refractivity contribution in [1.29, 1.82) is 0 Å². The Hall–Kier alpha value is -0.800. The summed E-state index contributed by atoms with van der Waals surface area (Å²) in [5, 5.41) is 0. The fourth-order valence-corrected chi connectivity index (χ4v) is 0.527. The number of nitrogens with two attached hydrogens (primary N) is 1. The summed E-state index contributed by atoms with van der Waals surface area (Å²) in [7, 11) is 0. The molecule has 0 bridgehead atoms. The van der Waals surface area contributed by atoms with Crippen molar-refractivity contribution < 1.29 is 9.59 Å². The van der Waals surface area contributed by atoms with E-state index in [4.69, 9.17) is 5.73 Å². The van der Waals surface area contributed by atoms with Gasteiger partial charge < -0.3 is 5.73 Å². The van der Waals surface area contributed by atoms with Crippen molar-refractivity contribution in [3.63, 3.8) is 0 Å². The van der Waals surface area contributed by atoms with Gasteiger partial charge in [0.25, 0.3) is 0 Å². The van der Waals surface area contributed by atoms with E-state index >= 15 is 0 Å². The molecule has 0 spiro atoms. The second kappa shape index (κ2) is 4.93. The molecule has 0 aliphatic heterocycles. The first kappa shape index (κ1) is 12.8. The summed E-state index contributed by atoms with van der Waals surface area (Å²) in [6.07, 6.45) is 3.47. The molecule has 62 valence electrons. The normalized spacial score (nSPS) is 14.7. The number of ketones is 2. The van der Waals surface area contributed by atoms with Crippen molar-refractivity contribution in [1.82, 2.24) is 0 Å². The highest BCUT2D eigenvalue weighted by Crippen LogP contribution is 1.97. The van der Waals surface area contributed by atoms with Gasteiger partial charge in [-0.15, -0.1) is 24.8 Å². The van der Waals surface area contributed by atoms with Crippen molar-refractivity contribution in [3.05, 3.63) is 23.9 Å². The van der Waals surface area contributed by atoms with Crippen LogP contribution in [0.3, 0.4) is 0 Å². The van der Waals surface area contributed by atoms with Gasteiger partial charge in [-0.2, -0.15) is 0 Å². The van der Waals surface area contributed by atoms with Crippen LogP contribution in [0, 0.1) is 0 Å². The Labute approximate surface area is 76.1 Å². The highest BCUT2D eigenvalue weighted by Gasteiger charge is 2.07. The molecule has 1 rings (SSSR count). The fourth-order valence-electron chi connectivity index (χ4n) is 0.527. The Morgan fingerprint density at radius 2 is 1.64 bits per heavy atom. The van der Waals surface area contributed by atoms with Crippen LogP contribution in [0.1, 0.15) is 0 Å². The molecule has 0 aromatic carbocycles. The Kier molecular flexibility index (Phi) is 5.76. The summed E-state index contributed by atoms with van der Waals surface area (Å²) in [5.74, 6) is -0.526. The Morgan fingerprint density at radius 3 is 2.00 bits per heavy atom.